The molecule has 0 fully saturated rings. The molecule has 6 aromatic carbocycles. The van der Waals surface area contributed by atoms with Crippen molar-refractivity contribution in [3.8, 4) is 33.4 Å². The fraction of sp³-hybridized carbons (Fsp3) is 0.216. The van der Waals surface area contributed by atoms with E-state index in [0.717, 1.165) is 12.8 Å². The number of benzene rings is 6. The van der Waals surface area contributed by atoms with Gasteiger partial charge in [0, 0.05) is 33.3 Å². The molecular formula is C51H45N. The average Bonchev–Trinajstić information content (AvgIpc) is 3.64. The van der Waals surface area contributed by atoms with E-state index in [0.29, 0.717) is 0 Å². The van der Waals surface area contributed by atoms with Gasteiger partial charge in [-0.15, -0.1) is 0 Å². The molecule has 254 valence electrons. The third kappa shape index (κ3) is 4.23. The summed E-state index contributed by atoms with van der Waals surface area (Å²) in [5.74, 6) is 0. The molecule has 0 N–H and O–H groups in total. The molecule has 0 spiro atoms. The molecule has 10 rings (SSSR count). The number of para-hydroxylation sites is 1. The van der Waals surface area contributed by atoms with Gasteiger partial charge in [-0.05, 0) is 139 Å². The highest BCUT2D eigenvalue weighted by atomic mass is 15.1. The lowest BCUT2D eigenvalue weighted by atomic mass is 9.79. The summed E-state index contributed by atoms with van der Waals surface area (Å²) in [6.07, 6.45) is 9.32. The molecule has 0 aliphatic heterocycles. The summed E-state index contributed by atoms with van der Waals surface area (Å²) in [7, 11) is 0. The quantitative estimate of drug-likeness (QED) is 0.180. The first-order chi connectivity index (χ1) is 25.1. The number of hydrogen-bond acceptors (Lipinski definition) is 1. The molecule has 1 nitrogen and oxygen atoms in total. The highest BCUT2D eigenvalue weighted by molar-refractivity contribution is 5.96. The Morgan fingerprint density at radius 3 is 1.65 bits per heavy atom. The molecule has 0 atom stereocenters. The van der Waals surface area contributed by atoms with Crippen LogP contribution in [0.2, 0.25) is 0 Å². The highest BCUT2D eigenvalue weighted by Gasteiger charge is 2.43. The van der Waals surface area contributed by atoms with Crippen molar-refractivity contribution >= 4 is 22.6 Å². The minimum atomic E-state index is -0.161. The first-order valence-electron chi connectivity index (χ1n) is 19.0. The van der Waals surface area contributed by atoms with Crippen molar-refractivity contribution in [3.63, 3.8) is 0 Å². The Morgan fingerprint density at radius 2 is 0.942 bits per heavy atom. The van der Waals surface area contributed by atoms with Gasteiger partial charge in [-0.25, -0.2) is 0 Å². The van der Waals surface area contributed by atoms with Crippen molar-refractivity contribution in [1.29, 1.82) is 0 Å². The van der Waals surface area contributed by atoms with Gasteiger partial charge in [0.05, 0.1) is 0 Å². The zero-order valence-corrected chi connectivity index (χ0v) is 31.1. The van der Waals surface area contributed by atoms with E-state index in [9.17, 15) is 0 Å². The molecule has 6 aromatic rings. The van der Waals surface area contributed by atoms with Crippen LogP contribution < -0.4 is 4.90 Å². The highest BCUT2D eigenvalue weighted by Crippen LogP contribution is 2.58. The summed E-state index contributed by atoms with van der Waals surface area (Å²) in [6, 6.07) is 46.2. The maximum Gasteiger partial charge on any atom is 0.0465 e. The standard InChI is InChI=1S/C51H45N/c1-49(2)42-22-14-13-20-37(42)38-26-24-34(28-44(38)49)52(33-18-11-8-12-19-33)35-25-27-39-40-30-47-41(31-46(40)51(5,6)45(39)29-35)48-36(32-16-9-7-10-17-32)21-15-23-43(48)50(47,3)4/h8-9,11-31H,7,10H2,1-6H3. The van der Waals surface area contributed by atoms with Gasteiger partial charge in [-0.3, -0.25) is 0 Å². The Kier molecular flexibility index (Phi) is 6.52. The second-order valence-electron chi connectivity index (χ2n) is 16.9. The summed E-state index contributed by atoms with van der Waals surface area (Å²) in [5, 5.41) is 0. The lowest BCUT2D eigenvalue weighted by Crippen LogP contribution is -2.18. The Labute approximate surface area is 309 Å². The van der Waals surface area contributed by atoms with Crippen LogP contribution >= 0.6 is 0 Å². The fourth-order valence-electron chi connectivity index (χ4n) is 10.0. The molecule has 0 saturated heterocycles. The largest absolute Gasteiger partial charge is 0.310 e. The molecule has 0 saturated carbocycles. The number of hydrogen-bond donors (Lipinski definition) is 0. The Bertz CT molecular complexity index is 2540. The molecule has 0 aromatic heterocycles. The van der Waals surface area contributed by atoms with Gasteiger partial charge in [0.1, 0.15) is 0 Å². The number of fused-ring (bicyclic) bond motifs is 9. The number of anilines is 3. The predicted molar refractivity (Wildman–Crippen MR) is 220 cm³/mol. The predicted octanol–water partition coefficient (Wildman–Crippen LogP) is 13.8. The van der Waals surface area contributed by atoms with Crippen molar-refractivity contribution in [1.82, 2.24) is 0 Å². The van der Waals surface area contributed by atoms with Crippen molar-refractivity contribution in [2.45, 2.75) is 70.6 Å². The molecule has 4 aliphatic carbocycles. The van der Waals surface area contributed by atoms with Crippen LogP contribution in [-0.4, -0.2) is 0 Å². The molecule has 0 unspecified atom stereocenters. The van der Waals surface area contributed by atoms with Crippen molar-refractivity contribution in [3.05, 3.63) is 178 Å². The topological polar surface area (TPSA) is 3.24 Å². The SMILES string of the molecule is CC1(C)c2ccccc2-c2ccc(N(c3ccccc3)c3ccc4c(c3)C(C)(C)c3cc5c(cc3-4)C(C)(C)c3cccc(C4=CCCC=C4)c3-5)cc21. The third-order valence-electron chi connectivity index (χ3n) is 12.9. The van der Waals surface area contributed by atoms with Gasteiger partial charge < -0.3 is 4.90 Å². The normalized spacial score (nSPS) is 17.4. The third-order valence-corrected chi connectivity index (χ3v) is 12.9. The molecule has 0 radical (unpaired) electrons. The first-order valence-corrected chi connectivity index (χ1v) is 19.0. The lowest BCUT2D eigenvalue weighted by molar-refractivity contribution is 0.652. The fourth-order valence-corrected chi connectivity index (χ4v) is 10.0. The zero-order valence-electron chi connectivity index (χ0n) is 31.1. The van der Waals surface area contributed by atoms with E-state index in [2.05, 4.69) is 186 Å². The summed E-state index contributed by atoms with van der Waals surface area (Å²) < 4.78 is 0. The molecule has 52 heavy (non-hydrogen) atoms. The van der Waals surface area contributed by atoms with Crippen LogP contribution in [-0.2, 0) is 16.2 Å². The van der Waals surface area contributed by atoms with Gasteiger partial charge in [-0.2, -0.15) is 0 Å². The smallest absolute Gasteiger partial charge is 0.0465 e. The van der Waals surface area contributed by atoms with E-state index in [-0.39, 0.29) is 16.2 Å². The van der Waals surface area contributed by atoms with Gasteiger partial charge in [0.15, 0.2) is 0 Å². The molecule has 0 bridgehead atoms. The van der Waals surface area contributed by atoms with E-state index >= 15 is 0 Å². The molecule has 0 amide bonds. The second-order valence-corrected chi connectivity index (χ2v) is 16.9. The van der Waals surface area contributed by atoms with Gasteiger partial charge >= 0.3 is 0 Å². The Hall–Kier alpha value is -5.40. The molecular weight excluding hydrogens is 627 g/mol. The molecule has 0 heterocycles. The summed E-state index contributed by atoms with van der Waals surface area (Å²) >= 11 is 0. The number of allylic oxidation sites excluding steroid dienone is 4. The van der Waals surface area contributed by atoms with Crippen molar-refractivity contribution < 1.29 is 0 Å². The maximum atomic E-state index is 2.56. The van der Waals surface area contributed by atoms with Gasteiger partial charge in [0.2, 0.25) is 0 Å². The van der Waals surface area contributed by atoms with Crippen molar-refractivity contribution in [2.24, 2.45) is 0 Å². The van der Waals surface area contributed by atoms with Crippen LogP contribution in [0.5, 0.6) is 0 Å². The number of nitrogens with zero attached hydrogens (tertiary/aromatic N) is 1. The van der Waals surface area contributed by atoms with Crippen LogP contribution in [0, 0.1) is 0 Å². The van der Waals surface area contributed by atoms with Crippen LogP contribution in [0.25, 0.3) is 39.0 Å². The van der Waals surface area contributed by atoms with E-state index in [1.165, 1.54) is 95.0 Å². The average molecular weight is 672 g/mol. The Morgan fingerprint density at radius 1 is 0.404 bits per heavy atom. The minimum absolute atomic E-state index is 0.0671. The van der Waals surface area contributed by atoms with E-state index in [1.54, 1.807) is 0 Å². The number of rotatable bonds is 4. The van der Waals surface area contributed by atoms with Crippen LogP contribution in [0.15, 0.2) is 140 Å². The first kappa shape index (κ1) is 31.3. The van der Waals surface area contributed by atoms with E-state index < -0.39 is 0 Å². The van der Waals surface area contributed by atoms with E-state index in [4.69, 9.17) is 0 Å². The minimum Gasteiger partial charge on any atom is -0.310 e. The maximum absolute atomic E-state index is 2.56. The Balaban J connectivity index is 1.12. The summed E-state index contributed by atoms with van der Waals surface area (Å²) in [4.78, 5) is 2.45. The van der Waals surface area contributed by atoms with E-state index in [1.807, 2.05) is 0 Å². The molecule has 4 aliphatic rings. The van der Waals surface area contributed by atoms with Gasteiger partial charge in [-0.1, -0.05) is 133 Å². The van der Waals surface area contributed by atoms with Crippen LogP contribution in [0.1, 0.15) is 93.3 Å². The monoisotopic (exact) mass is 671 g/mol. The second kappa shape index (κ2) is 10.8. The van der Waals surface area contributed by atoms with Crippen molar-refractivity contribution in [2.75, 3.05) is 4.90 Å². The van der Waals surface area contributed by atoms with Crippen LogP contribution in [0.3, 0.4) is 0 Å². The van der Waals surface area contributed by atoms with Gasteiger partial charge in [0.25, 0.3) is 0 Å². The summed E-state index contributed by atoms with van der Waals surface area (Å²) in [6.45, 7) is 14.4. The van der Waals surface area contributed by atoms with Crippen LogP contribution in [0.4, 0.5) is 17.1 Å². The molecule has 1 heteroatoms. The lowest BCUT2D eigenvalue weighted by Gasteiger charge is -2.29. The summed E-state index contributed by atoms with van der Waals surface area (Å²) in [5.41, 5.74) is 22.7. The zero-order chi connectivity index (χ0) is 35.6.